The molecule has 0 aliphatic carbocycles. The third-order valence-electron chi connectivity index (χ3n) is 3.56. The Labute approximate surface area is 146 Å². The van der Waals surface area contributed by atoms with Crippen molar-refractivity contribution in [1.82, 2.24) is 19.6 Å². The van der Waals surface area contributed by atoms with Crippen LogP contribution in [0.25, 0.3) is 16.7 Å². The highest BCUT2D eigenvalue weighted by Gasteiger charge is 2.38. The number of rotatable bonds is 5. The number of aromatic nitrogens is 4. The van der Waals surface area contributed by atoms with Crippen molar-refractivity contribution in [1.29, 1.82) is 0 Å². The van der Waals surface area contributed by atoms with E-state index in [9.17, 15) is 13.2 Å². The third-order valence-corrected chi connectivity index (χ3v) is 4.95. The maximum Gasteiger partial charge on any atom is 0.452 e. The van der Waals surface area contributed by atoms with E-state index in [1.54, 1.807) is 18.2 Å². The first-order valence-corrected chi connectivity index (χ1v) is 8.78. The molecular formula is C16H17F3N4OS. The quantitative estimate of drug-likeness (QED) is 0.696. The monoisotopic (exact) mass is 370 g/mol. The second kappa shape index (κ2) is 6.80. The van der Waals surface area contributed by atoms with Crippen LogP contribution in [0.3, 0.4) is 0 Å². The number of aliphatic hydroxyl groups is 1. The Bertz CT molecular complexity index is 908. The Morgan fingerprint density at radius 1 is 1.24 bits per heavy atom. The molecule has 0 fully saturated rings. The minimum atomic E-state index is -4.62. The smallest absolute Gasteiger partial charge is 0.396 e. The Morgan fingerprint density at radius 2 is 2.00 bits per heavy atom. The molecule has 0 aliphatic rings. The lowest BCUT2D eigenvalue weighted by molar-refractivity contribution is -0.145. The van der Waals surface area contributed by atoms with Crippen LogP contribution in [0, 0.1) is 5.92 Å². The fourth-order valence-electron chi connectivity index (χ4n) is 2.46. The summed E-state index contributed by atoms with van der Waals surface area (Å²) in [5.41, 5.74) is 1.55. The molecule has 5 nitrogen and oxygen atoms in total. The van der Waals surface area contributed by atoms with Crippen LogP contribution in [0.5, 0.6) is 0 Å². The maximum atomic E-state index is 13.4. The molecule has 0 unspecified atom stereocenters. The van der Waals surface area contributed by atoms with Gasteiger partial charge < -0.3 is 5.11 Å². The summed E-state index contributed by atoms with van der Waals surface area (Å²) in [6, 6.07) is 5.02. The minimum absolute atomic E-state index is 0.0846. The van der Waals surface area contributed by atoms with Crippen LogP contribution in [0.4, 0.5) is 13.2 Å². The molecule has 25 heavy (non-hydrogen) atoms. The molecule has 2 aromatic heterocycles. The molecule has 2 heterocycles. The van der Waals surface area contributed by atoms with E-state index in [2.05, 4.69) is 15.2 Å². The van der Waals surface area contributed by atoms with Crippen molar-refractivity contribution in [3.8, 4) is 0 Å². The van der Waals surface area contributed by atoms with Crippen molar-refractivity contribution in [2.24, 2.45) is 5.92 Å². The van der Waals surface area contributed by atoms with Gasteiger partial charge in [-0.15, -0.1) is 22.0 Å². The fourth-order valence-corrected chi connectivity index (χ4v) is 3.38. The summed E-state index contributed by atoms with van der Waals surface area (Å²) < 4.78 is 41.2. The van der Waals surface area contributed by atoms with Gasteiger partial charge >= 0.3 is 6.18 Å². The fraction of sp³-hybridized carbons (Fsp3) is 0.438. The lowest BCUT2D eigenvalue weighted by Crippen LogP contribution is -2.12. The van der Waals surface area contributed by atoms with Crippen LogP contribution >= 0.6 is 11.8 Å². The van der Waals surface area contributed by atoms with Gasteiger partial charge in [-0.2, -0.15) is 13.2 Å². The minimum Gasteiger partial charge on any atom is -0.396 e. The van der Waals surface area contributed by atoms with Crippen molar-refractivity contribution in [2.45, 2.75) is 31.5 Å². The summed E-state index contributed by atoms with van der Waals surface area (Å²) in [6.45, 7) is 3.97. The van der Waals surface area contributed by atoms with Crippen molar-refractivity contribution < 1.29 is 18.3 Å². The van der Waals surface area contributed by atoms with Crippen LogP contribution in [-0.2, 0) is 12.6 Å². The summed E-state index contributed by atoms with van der Waals surface area (Å²) in [7, 11) is 0. The molecular weight excluding hydrogens is 353 g/mol. The molecule has 0 amide bonds. The zero-order valence-electron chi connectivity index (χ0n) is 13.7. The summed E-state index contributed by atoms with van der Waals surface area (Å²) in [4.78, 5) is 4.48. The van der Waals surface area contributed by atoms with Crippen molar-refractivity contribution >= 4 is 28.4 Å². The molecule has 1 N–H and O–H groups in total. The summed E-state index contributed by atoms with van der Waals surface area (Å²) >= 11 is 1.37. The number of fused-ring (bicyclic) bond motifs is 3. The maximum absolute atomic E-state index is 13.4. The van der Waals surface area contributed by atoms with E-state index in [1.165, 1.54) is 11.8 Å². The second-order valence-corrected chi connectivity index (χ2v) is 7.11. The average molecular weight is 370 g/mol. The molecule has 0 bridgehead atoms. The van der Waals surface area contributed by atoms with Crippen LogP contribution in [0.1, 0.15) is 25.2 Å². The molecule has 0 radical (unpaired) electrons. The zero-order chi connectivity index (χ0) is 18.2. The number of benzene rings is 1. The van der Waals surface area contributed by atoms with Gasteiger partial charge in [0.2, 0.25) is 5.82 Å². The highest BCUT2D eigenvalue weighted by Crippen LogP contribution is 2.33. The first-order chi connectivity index (χ1) is 11.8. The summed E-state index contributed by atoms with van der Waals surface area (Å²) in [6.07, 6.45) is -4.27. The van der Waals surface area contributed by atoms with Crippen molar-refractivity contribution in [3.63, 3.8) is 0 Å². The van der Waals surface area contributed by atoms with Crippen LogP contribution in [0.15, 0.2) is 23.2 Å². The van der Waals surface area contributed by atoms with Crippen molar-refractivity contribution in [2.75, 3.05) is 12.4 Å². The van der Waals surface area contributed by atoms with E-state index in [0.717, 1.165) is 9.96 Å². The SMILES string of the molecule is CC(C)CSc1nc2ccc(CCO)cc2n2c(C(F)(F)F)nnc12. The topological polar surface area (TPSA) is 63.3 Å². The third kappa shape index (κ3) is 3.57. The Balaban J connectivity index is 2.29. The van der Waals surface area contributed by atoms with Gasteiger partial charge in [0.25, 0.3) is 0 Å². The molecule has 3 aromatic rings. The number of hydrogen-bond acceptors (Lipinski definition) is 5. The standard InChI is InChI=1S/C16H17F3N4OS/c1-9(2)8-25-14-13-21-22-15(16(17,18)19)23(13)12-7-10(5-6-24)3-4-11(12)20-14/h3-4,7,9,24H,5-6,8H2,1-2H3. The molecule has 0 saturated heterocycles. The lowest BCUT2D eigenvalue weighted by Gasteiger charge is -2.11. The van der Waals surface area contributed by atoms with Gasteiger partial charge in [-0.3, -0.25) is 4.40 Å². The first kappa shape index (κ1) is 17.9. The molecule has 0 spiro atoms. The lowest BCUT2D eigenvalue weighted by atomic mass is 10.1. The zero-order valence-corrected chi connectivity index (χ0v) is 14.5. The predicted molar refractivity (Wildman–Crippen MR) is 89.6 cm³/mol. The number of alkyl halides is 3. The van der Waals surface area contributed by atoms with Gasteiger partial charge in [0.1, 0.15) is 5.03 Å². The normalized spacial score (nSPS) is 12.6. The van der Waals surface area contributed by atoms with E-state index >= 15 is 0 Å². The molecule has 1 aromatic carbocycles. The van der Waals surface area contributed by atoms with E-state index < -0.39 is 12.0 Å². The van der Waals surface area contributed by atoms with Crippen LogP contribution in [0.2, 0.25) is 0 Å². The van der Waals surface area contributed by atoms with Crippen molar-refractivity contribution in [3.05, 3.63) is 29.6 Å². The molecule has 0 atom stereocenters. The van der Waals surface area contributed by atoms with E-state index in [-0.39, 0.29) is 17.8 Å². The van der Waals surface area contributed by atoms with Crippen LogP contribution in [-0.4, -0.2) is 37.0 Å². The van der Waals surface area contributed by atoms with Gasteiger partial charge in [0.05, 0.1) is 11.0 Å². The largest absolute Gasteiger partial charge is 0.452 e. The first-order valence-electron chi connectivity index (χ1n) is 7.80. The Morgan fingerprint density at radius 3 is 2.64 bits per heavy atom. The van der Waals surface area contributed by atoms with Crippen LogP contribution < -0.4 is 0 Å². The van der Waals surface area contributed by atoms with Gasteiger partial charge in [-0.1, -0.05) is 19.9 Å². The highest BCUT2D eigenvalue weighted by atomic mass is 32.2. The molecule has 0 aliphatic heterocycles. The number of hydrogen-bond donors (Lipinski definition) is 1. The predicted octanol–water partition coefficient (Wildman–Crippen LogP) is 3.58. The Kier molecular flexibility index (Phi) is 4.88. The van der Waals surface area contributed by atoms with E-state index in [1.807, 2.05) is 13.8 Å². The molecule has 3 rings (SSSR count). The number of nitrogens with zero attached hydrogens (tertiary/aromatic N) is 4. The number of aliphatic hydroxyl groups excluding tert-OH is 1. The molecule has 9 heteroatoms. The van der Waals surface area contributed by atoms with Gasteiger partial charge in [-0.25, -0.2) is 4.98 Å². The number of thioether (sulfide) groups is 1. The highest BCUT2D eigenvalue weighted by molar-refractivity contribution is 7.99. The van der Waals surface area contributed by atoms with E-state index in [0.29, 0.717) is 28.6 Å². The van der Waals surface area contributed by atoms with Gasteiger partial charge in [-0.05, 0) is 30.0 Å². The average Bonchev–Trinajstić information content (AvgIpc) is 2.98. The second-order valence-electron chi connectivity index (χ2n) is 6.10. The number of halogens is 3. The van der Waals surface area contributed by atoms with E-state index in [4.69, 9.17) is 5.11 Å². The summed E-state index contributed by atoms with van der Waals surface area (Å²) in [5.74, 6) is 0.00672. The van der Waals surface area contributed by atoms with Gasteiger partial charge in [0.15, 0.2) is 5.65 Å². The Hall–Kier alpha value is -1.87. The molecule has 134 valence electrons. The molecule has 0 saturated carbocycles. The summed E-state index contributed by atoms with van der Waals surface area (Å²) in [5, 5.41) is 16.6. The van der Waals surface area contributed by atoms with Gasteiger partial charge in [0, 0.05) is 12.4 Å².